The van der Waals surface area contributed by atoms with E-state index in [2.05, 4.69) is 5.32 Å². The maximum atomic E-state index is 11.7. The van der Waals surface area contributed by atoms with Crippen LogP contribution in [0.3, 0.4) is 0 Å². The van der Waals surface area contributed by atoms with Crippen LogP contribution in [0.2, 0.25) is 0 Å². The molecule has 5 nitrogen and oxygen atoms in total. The number of carbonyl (C=O) groups is 2. The Hall–Kier alpha value is -2.04. The van der Waals surface area contributed by atoms with Crippen LogP contribution in [0.5, 0.6) is 0 Å². The minimum absolute atomic E-state index is 0.0608. The van der Waals surface area contributed by atoms with Crippen molar-refractivity contribution in [3.05, 3.63) is 29.8 Å². The highest BCUT2D eigenvalue weighted by atomic mass is 16.2. The number of benzene rings is 1. The van der Waals surface area contributed by atoms with Crippen molar-refractivity contribution in [3.8, 4) is 0 Å². The van der Waals surface area contributed by atoms with E-state index in [0.29, 0.717) is 12.1 Å². The Labute approximate surface area is 107 Å². The molecule has 0 radical (unpaired) electrons. The Morgan fingerprint density at radius 2 is 1.78 bits per heavy atom. The first-order valence-electron chi connectivity index (χ1n) is 5.84. The number of amides is 2. The molecule has 0 aromatic heterocycles. The zero-order chi connectivity index (χ0) is 13.7. The number of nitrogens with two attached hydrogens (primary N) is 2. The monoisotopic (exact) mass is 249 g/mol. The van der Waals surface area contributed by atoms with Gasteiger partial charge in [0, 0.05) is 12.1 Å². The number of nitrogen functional groups attached to an aromatic ring is 1. The highest BCUT2D eigenvalue weighted by Gasteiger charge is 2.15. The zero-order valence-corrected chi connectivity index (χ0v) is 10.6. The predicted octanol–water partition coefficient (Wildman–Crippen LogP) is 0.752. The lowest BCUT2D eigenvalue weighted by atomic mass is 9.97. The minimum atomic E-state index is -0.642. The van der Waals surface area contributed by atoms with Gasteiger partial charge in [0.1, 0.15) is 6.04 Å². The molecule has 2 unspecified atom stereocenters. The van der Waals surface area contributed by atoms with E-state index in [1.807, 2.05) is 19.1 Å². The fourth-order valence-corrected chi connectivity index (χ4v) is 1.59. The summed E-state index contributed by atoms with van der Waals surface area (Å²) >= 11 is 0. The van der Waals surface area contributed by atoms with Crippen molar-refractivity contribution >= 4 is 17.5 Å². The van der Waals surface area contributed by atoms with Gasteiger partial charge in [-0.15, -0.1) is 0 Å². The fourth-order valence-electron chi connectivity index (χ4n) is 1.59. The summed E-state index contributed by atoms with van der Waals surface area (Å²) in [5.41, 5.74) is 12.4. The molecule has 0 saturated carbocycles. The van der Waals surface area contributed by atoms with Crippen molar-refractivity contribution < 1.29 is 9.59 Å². The summed E-state index contributed by atoms with van der Waals surface area (Å²) in [5, 5.41) is 2.55. The first-order valence-corrected chi connectivity index (χ1v) is 5.84. The summed E-state index contributed by atoms with van der Waals surface area (Å²) < 4.78 is 0. The predicted molar refractivity (Wildman–Crippen MR) is 70.7 cm³/mol. The van der Waals surface area contributed by atoms with Crippen LogP contribution in [0.15, 0.2) is 24.3 Å². The second kappa shape index (κ2) is 6.05. The van der Waals surface area contributed by atoms with E-state index in [0.717, 1.165) is 5.56 Å². The van der Waals surface area contributed by atoms with Crippen molar-refractivity contribution in [3.63, 3.8) is 0 Å². The highest BCUT2D eigenvalue weighted by Crippen LogP contribution is 2.19. The third kappa shape index (κ3) is 4.08. The maximum Gasteiger partial charge on any atom is 0.239 e. The van der Waals surface area contributed by atoms with Crippen molar-refractivity contribution in [1.29, 1.82) is 0 Å². The largest absolute Gasteiger partial charge is 0.399 e. The van der Waals surface area contributed by atoms with Crippen LogP contribution in [0.1, 0.15) is 31.7 Å². The normalized spacial score (nSPS) is 13.7. The van der Waals surface area contributed by atoms with Gasteiger partial charge in [-0.05, 0) is 30.5 Å². The number of anilines is 1. The SMILES string of the molecule is CC(NC(=O)CC(C)c1ccc(N)cc1)C(N)=O. The van der Waals surface area contributed by atoms with Gasteiger partial charge in [0.15, 0.2) is 0 Å². The second-order valence-electron chi connectivity index (χ2n) is 4.46. The molecule has 1 rings (SSSR count). The summed E-state index contributed by atoms with van der Waals surface area (Å²) in [7, 11) is 0. The first-order chi connectivity index (χ1) is 8.40. The van der Waals surface area contributed by atoms with Crippen LogP contribution in [0, 0.1) is 0 Å². The molecule has 2 amide bonds. The lowest BCUT2D eigenvalue weighted by Crippen LogP contribution is -2.42. The Bertz CT molecular complexity index is 428. The van der Waals surface area contributed by atoms with Crippen LogP contribution in [0.4, 0.5) is 5.69 Å². The van der Waals surface area contributed by atoms with Gasteiger partial charge in [-0.25, -0.2) is 0 Å². The molecule has 5 heteroatoms. The standard InChI is InChI=1S/C13H19N3O2/c1-8(10-3-5-11(14)6-4-10)7-12(17)16-9(2)13(15)18/h3-6,8-9H,7,14H2,1-2H3,(H2,15,18)(H,16,17). The summed E-state index contributed by atoms with van der Waals surface area (Å²) in [6.07, 6.45) is 0.307. The highest BCUT2D eigenvalue weighted by molar-refractivity contribution is 5.86. The lowest BCUT2D eigenvalue weighted by molar-refractivity contribution is -0.127. The van der Waals surface area contributed by atoms with Crippen molar-refractivity contribution in [2.45, 2.75) is 32.2 Å². The fraction of sp³-hybridized carbons (Fsp3) is 0.385. The van der Waals surface area contributed by atoms with E-state index in [-0.39, 0.29) is 11.8 Å². The van der Waals surface area contributed by atoms with Gasteiger partial charge in [0.05, 0.1) is 0 Å². The lowest BCUT2D eigenvalue weighted by Gasteiger charge is -2.14. The van der Waals surface area contributed by atoms with Crippen molar-refractivity contribution in [1.82, 2.24) is 5.32 Å². The molecule has 0 heterocycles. The minimum Gasteiger partial charge on any atom is -0.399 e. The number of hydrogen-bond donors (Lipinski definition) is 3. The van der Waals surface area contributed by atoms with Gasteiger partial charge in [0.2, 0.25) is 11.8 Å². The molecule has 0 saturated heterocycles. The number of nitrogens with one attached hydrogen (secondary N) is 1. The van der Waals surface area contributed by atoms with Crippen molar-refractivity contribution in [2.24, 2.45) is 5.73 Å². The average molecular weight is 249 g/mol. The molecule has 1 aromatic carbocycles. The van der Waals surface area contributed by atoms with Gasteiger partial charge in [-0.2, -0.15) is 0 Å². The molecule has 2 atom stereocenters. The molecule has 0 fully saturated rings. The Kier molecular flexibility index (Phi) is 4.71. The Morgan fingerprint density at radius 1 is 1.22 bits per heavy atom. The first kappa shape index (κ1) is 14.0. The van der Waals surface area contributed by atoms with Gasteiger partial charge in [-0.1, -0.05) is 19.1 Å². The maximum absolute atomic E-state index is 11.7. The molecule has 0 spiro atoms. The van der Waals surface area contributed by atoms with Crippen LogP contribution < -0.4 is 16.8 Å². The van der Waals surface area contributed by atoms with Gasteiger partial charge in [0.25, 0.3) is 0 Å². The molecular weight excluding hydrogens is 230 g/mol. The second-order valence-corrected chi connectivity index (χ2v) is 4.46. The van der Waals surface area contributed by atoms with E-state index < -0.39 is 11.9 Å². The van der Waals surface area contributed by atoms with Crippen LogP contribution in [-0.2, 0) is 9.59 Å². The summed E-state index contributed by atoms with van der Waals surface area (Å²) in [5.74, 6) is -0.667. The van der Waals surface area contributed by atoms with Gasteiger partial charge in [-0.3, -0.25) is 9.59 Å². The van der Waals surface area contributed by atoms with E-state index in [4.69, 9.17) is 11.5 Å². The molecular formula is C13H19N3O2. The summed E-state index contributed by atoms with van der Waals surface area (Å²) in [6, 6.07) is 6.75. The quantitative estimate of drug-likeness (QED) is 0.671. The number of hydrogen-bond acceptors (Lipinski definition) is 3. The number of primary amides is 1. The third-order valence-corrected chi connectivity index (χ3v) is 2.80. The number of carbonyl (C=O) groups excluding carboxylic acids is 2. The van der Waals surface area contributed by atoms with Crippen LogP contribution >= 0.6 is 0 Å². The topological polar surface area (TPSA) is 98.2 Å². The molecule has 0 bridgehead atoms. The van der Waals surface area contributed by atoms with Crippen molar-refractivity contribution in [2.75, 3.05) is 5.73 Å². The summed E-state index contributed by atoms with van der Waals surface area (Å²) in [4.78, 5) is 22.5. The average Bonchev–Trinajstić information content (AvgIpc) is 2.29. The third-order valence-electron chi connectivity index (χ3n) is 2.80. The molecule has 0 aliphatic carbocycles. The van der Waals surface area contributed by atoms with Gasteiger partial charge < -0.3 is 16.8 Å². The van der Waals surface area contributed by atoms with E-state index >= 15 is 0 Å². The van der Waals surface area contributed by atoms with Gasteiger partial charge >= 0.3 is 0 Å². The van der Waals surface area contributed by atoms with E-state index in [1.165, 1.54) is 0 Å². The molecule has 0 aliphatic heterocycles. The Morgan fingerprint density at radius 3 is 2.28 bits per heavy atom. The molecule has 98 valence electrons. The molecule has 5 N–H and O–H groups in total. The smallest absolute Gasteiger partial charge is 0.239 e. The van der Waals surface area contributed by atoms with E-state index in [9.17, 15) is 9.59 Å². The summed E-state index contributed by atoms with van der Waals surface area (Å²) in [6.45, 7) is 3.51. The van der Waals surface area contributed by atoms with E-state index in [1.54, 1.807) is 19.1 Å². The number of rotatable bonds is 5. The molecule has 0 aliphatic rings. The van der Waals surface area contributed by atoms with Crippen LogP contribution in [0.25, 0.3) is 0 Å². The molecule has 1 aromatic rings. The Balaban J connectivity index is 2.54. The molecule has 18 heavy (non-hydrogen) atoms. The zero-order valence-electron chi connectivity index (χ0n) is 10.6. The van der Waals surface area contributed by atoms with Crippen LogP contribution in [-0.4, -0.2) is 17.9 Å².